The number of benzene rings is 1. The van der Waals surface area contributed by atoms with Crippen molar-refractivity contribution in [1.82, 2.24) is 15.1 Å². The Labute approximate surface area is 149 Å². The number of rotatable bonds is 4. The van der Waals surface area contributed by atoms with Gasteiger partial charge in [-0.3, -0.25) is 4.90 Å². The van der Waals surface area contributed by atoms with Crippen LogP contribution in [0.2, 0.25) is 0 Å². The number of aromatic nitrogens is 2. The molecule has 0 amide bonds. The average Bonchev–Trinajstić information content (AvgIpc) is 2.62. The van der Waals surface area contributed by atoms with Crippen LogP contribution in [0, 0.1) is 0 Å². The van der Waals surface area contributed by atoms with Gasteiger partial charge in [0.05, 0.1) is 11.4 Å². The Kier molecular flexibility index (Phi) is 5.08. The van der Waals surface area contributed by atoms with Crippen molar-refractivity contribution in [2.24, 2.45) is 0 Å². The summed E-state index contributed by atoms with van der Waals surface area (Å²) in [6.45, 7) is 9.58. The third-order valence-electron chi connectivity index (χ3n) is 5.16. The molecule has 1 fully saturated rings. The molecule has 1 aliphatic heterocycles. The summed E-state index contributed by atoms with van der Waals surface area (Å²) in [5, 5.41) is 18.4. The van der Waals surface area contributed by atoms with Gasteiger partial charge in [0.25, 0.3) is 0 Å². The summed E-state index contributed by atoms with van der Waals surface area (Å²) in [5.41, 5.74) is 8.31. The molecule has 3 rings (SSSR count). The summed E-state index contributed by atoms with van der Waals surface area (Å²) < 4.78 is 0. The number of nitrogens with zero attached hydrogens (tertiary/aromatic N) is 4. The second-order valence-electron chi connectivity index (χ2n) is 6.81. The fourth-order valence-electron chi connectivity index (χ4n) is 3.55. The molecule has 2 heterocycles. The minimum atomic E-state index is 0.197. The lowest BCUT2D eigenvalue weighted by Crippen LogP contribution is -2.54. The molecule has 1 aliphatic rings. The lowest BCUT2D eigenvalue weighted by Gasteiger charge is -2.43. The van der Waals surface area contributed by atoms with Crippen LogP contribution in [0.4, 0.5) is 11.5 Å². The molecule has 1 unspecified atom stereocenters. The van der Waals surface area contributed by atoms with E-state index in [4.69, 9.17) is 5.73 Å². The van der Waals surface area contributed by atoms with E-state index in [0.717, 1.165) is 31.7 Å². The van der Waals surface area contributed by atoms with E-state index in [0.29, 0.717) is 29.2 Å². The first-order chi connectivity index (χ1) is 12.0. The molecular formula is C19H27N5O. The molecular weight excluding hydrogens is 314 g/mol. The number of phenolic OH excluding ortho intramolecular Hbond substituents is 1. The molecule has 0 bridgehead atoms. The predicted molar refractivity (Wildman–Crippen MR) is 102 cm³/mol. The van der Waals surface area contributed by atoms with Gasteiger partial charge in [0.15, 0.2) is 5.82 Å². The van der Waals surface area contributed by atoms with Gasteiger partial charge in [-0.15, -0.1) is 10.2 Å². The molecule has 1 saturated heterocycles. The fraction of sp³-hybridized carbons (Fsp3) is 0.474. The Hall–Kier alpha value is -2.34. The molecule has 3 N–H and O–H groups in total. The number of piperazine rings is 1. The SMILES string of the molecule is CCC(C)N1CCN(c2cc(-c3ccccc3O)nnc2N)C[C@H]1C. The Morgan fingerprint density at radius 2 is 2.04 bits per heavy atom. The number of nitrogens with two attached hydrogens (primary N) is 1. The Morgan fingerprint density at radius 1 is 1.28 bits per heavy atom. The van der Waals surface area contributed by atoms with Gasteiger partial charge in [0.2, 0.25) is 0 Å². The molecule has 0 radical (unpaired) electrons. The summed E-state index contributed by atoms with van der Waals surface area (Å²) >= 11 is 0. The number of para-hydroxylation sites is 1. The summed E-state index contributed by atoms with van der Waals surface area (Å²) in [6, 6.07) is 10.1. The number of phenols is 1. The number of anilines is 2. The molecule has 0 aliphatic carbocycles. The summed E-state index contributed by atoms with van der Waals surface area (Å²) in [6.07, 6.45) is 1.15. The van der Waals surface area contributed by atoms with Crippen molar-refractivity contribution in [3.05, 3.63) is 30.3 Å². The van der Waals surface area contributed by atoms with Crippen LogP contribution in [0.15, 0.2) is 30.3 Å². The molecule has 2 aromatic rings. The monoisotopic (exact) mass is 341 g/mol. The zero-order chi connectivity index (χ0) is 18.0. The number of aromatic hydroxyl groups is 1. The molecule has 6 heteroatoms. The van der Waals surface area contributed by atoms with Crippen LogP contribution < -0.4 is 10.6 Å². The van der Waals surface area contributed by atoms with Crippen molar-refractivity contribution in [2.45, 2.75) is 39.3 Å². The molecule has 134 valence electrons. The Balaban J connectivity index is 1.86. The van der Waals surface area contributed by atoms with Gasteiger partial charge in [-0.05, 0) is 38.5 Å². The fourth-order valence-corrected chi connectivity index (χ4v) is 3.55. The van der Waals surface area contributed by atoms with Crippen LogP contribution in [0.1, 0.15) is 27.2 Å². The van der Waals surface area contributed by atoms with E-state index in [1.165, 1.54) is 0 Å². The molecule has 1 aromatic heterocycles. The van der Waals surface area contributed by atoms with E-state index in [2.05, 4.69) is 40.8 Å². The molecule has 0 spiro atoms. The Bertz CT molecular complexity index is 736. The highest BCUT2D eigenvalue weighted by Crippen LogP contribution is 2.32. The summed E-state index contributed by atoms with van der Waals surface area (Å²) in [4.78, 5) is 4.82. The highest BCUT2D eigenvalue weighted by molar-refractivity contribution is 5.74. The molecule has 2 atom stereocenters. The third-order valence-corrected chi connectivity index (χ3v) is 5.16. The first-order valence-electron chi connectivity index (χ1n) is 8.93. The van der Waals surface area contributed by atoms with Gasteiger partial charge in [0.1, 0.15) is 5.75 Å². The van der Waals surface area contributed by atoms with Crippen LogP contribution in [-0.2, 0) is 0 Å². The van der Waals surface area contributed by atoms with E-state index in [9.17, 15) is 5.11 Å². The van der Waals surface area contributed by atoms with E-state index in [-0.39, 0.29) is 5.75 Å². The van der Waals surface area contributed by atoms with Crippen LogP contribution in [0.3, 0.4) is 0 Å². The summed E-state index contributed by atoms with van der Waals surface area (Å²) in [7, 11) is 0. The first-order valence-corrected chi connectivity index (χ1v) is 8.93. The van der Waals surface area contributed by atoms with Crippen molar-refractivity contribution < 1.29 is 5.11 Å². The van der Waals surface area contributed by atoms with Crippen molar-refractivity contribution in [1.29, 1.82) is 0 Å². The maximum absolute atomic E-state index is 10.1. The van der Waals surface area contributed by atoms with Crippen LogP contribution in [0.25, 0.3) is 11.3 Å². The zero-order valence-corrected chi connectivity index (χ0v) is 15.2. The Morgan fingerprint density at radius 3 is 2.72 bits per heavy atom. The molecule has 6 nitrogen and oxygen atoms in total. The smallest absolute Gasteiger partial charge is 0.169 e. The number of nitrogen functional groups attached to an aromatic ring is 1. The molecule has 25 heavy (non-hydrogen) atoms. The van der Waals surface area contributed by atoms with Crippen molar-refractivity contribution >= 4 is 11.5 Å². The third kappa shape index (κ3) is 3.54. The maximum atomic E-state index is 10.1. The van der Waals surface area contributed by atoms with E-state index >= 15 is 0 Å². The van der Waals surface area contributed by atoms with Gasteiger partial charge in [0, 0.05) is 37.3 Å². The molecule has 0 saturated carbocycles. The lowest BCUT2D eigenvalue weighted by atomic mass is 10.1. The van der Waals surface area contributed by atoms with E-state index in [1.807, 2.05) is 18.2 Å². The standard InChI is InChI=1S/C19H27N5O/c1-4-13(2)24-10-9-23(12-14(24)3)17-11-16(21-22-19(17)20)15-7-5-6-8-18(15)25/h5-8,11,13-14,25H,4,9-10,12H2,1-3H3,(H2,20,22)/t13?,14-/m1/s1. The second-order valence-corrected chi connectivity index (χ2v) is 6.81. The van der Waals surface area contributed by atoms with Crippen LogP contribution in [-0.4, -0.2) is 51.9 Å². The van der Waals surface area contributed by atoms with E-state index in [1.54, 1.807) is 12.1 Å². The minimum absolute atomic E-state index is 0.197. The maximum Gasteiger partial charge on any atom is 0.169 e. The van der Waals surface area contributed by atoms with E-state index < -0.39 is 0 Å². The quantitative estimate of drug-likeness (QED) is 0.890. The van der Waals surface area contributed by atoms with Crippen molar-refractivity contribution in [3.63, 3.8) is 0 Å². The summed E-state index contributed by atoms with van der Waals surface area (Å²) in [5.74, 6) is 0.630. The van der Waals surface area contributed by atoms with Crippen molar-refractivity contribution in [3.8, 4) is 17.0 Å². The zero-order valence-electron chi connectivity index (χ0n) is 15.2. The average molecular weight is 341 g/mol. The second kappa shape index (κ2) is 7.27. The van der Waals surface area contributed by atoms with Crippen LogP contribution in [0.5, 0.6) is 5.75 Å². The van der Waals surface area contributed by atoms with Crippen molar-refractivity contribution in [2.75, 3.05) is 30.3 Å². The lowest BCUT2D eigenvalue weighted by molar-refractivity contribution is 0.135. The van der Waals surface area contributed by atoms with Crippen LogP contribution >= 0.6 is 0 Å². The highest BCUT2D eigenvalue weighted by Gasteiger charge is 2.28. The first kappa shape index (κ1) is 17.5. The van der Waals surface area contributed by atoms with Gasteiger partial charge in [-0.25, -0.2) is 0 Å². The van der Waals surface area contributed by atoms with Gasteiger partial charge in [-0.1, -0.05) is 19.1 Å². The predicted octanol–water partition coefficient (Wildman–Crippen LogP) is 2.74. The topological polar surface area (TPSA) is 78.5 Å². The van der Waals surface area contributed by atoms with Gasteiger partial charge >= 0.3 is 0 Å². The highest BCUT2D eigenvalue weighted by atomic mass is 16.3. The van der Waals surface area contributed by atoms with Gasteiger partial charge < -0.3 is 15.7 Å². The van der Waals surface area contributed by atoms with Gasteiger partial charge in [-0.2, -0.15) is 0 Å². The normalized spacial score (nSPS) is 19.8. The molecule has 1 aromatic carbocycles. The largest absolute Gasteiger partial charge is 0.507 e. The number of hydrogen-bond donors (Lipinski definition) is 2. The minimum Gasteiger partial charge on any atom is -0.507 e. The number of hydrogen-bond acceptors (Lipinski definition) is 6.